The van der Waals surface area contributed by atoms with Crippen molar-refractivity contribution in [2.75, 3.05) is 0 Å². The van der Waals surface area contributed by atoms with Gasteiger partial charge in [0.05, 0.1) is 6.10 Å². The number of rotatable bonds is 2. The van der Waals surface area contributed by atoms with Crippen molar-refractivity contribution in [3.05, 3.63) is 11.8 Å². The molecule has 2 unspecified atom stereocenters. The molecule has 0 spiro atoms. The van der Waals surface area contributed by atoms with Gasteiger partial charge in [-0.25, -0.2) is 0 Å². The van der Waals surface area contributed by atoms with Crippen LogP contribution in [0, 0.1) is 0 Å². The zero-order valence-electron chi connectivity index (χ0n) is 7.96. The van der Waals surface area contributed by atoms with E-state index in [2.05, 4.69) is 25.7 Å². The van der Waals surface area contributed by atoms with E-state index in [4.69, 9.17) is 9.16 Å². The maximum Gasteiger partial charge on any atom is 0.241 e. The Labute approximate surface area is 74.7 Å². The Bertz CT molecular complexity index is 217. The molecule has 3 heteroatoms. The van der Waals surface area contributed by atoms with Crippen LogP contribution in [0.5, 0.6) is 0 Å². The lowest BCUT2D eigenvalue weighted by Crippen LogP contribution is -2.27. The Morgan fingerprint density at radius 1 is 1.50 bits per heavy atom. The molecule has 1 aliphatic heterocycles. The summed E-state index contributed by atoms with van der Waals surface area (Å²) in [6.07, 6.45) is 5.32. The zero-order chi connectivity index (χ0) is 8.77. The van der Waals surface area contributed by atoms with Crippen molar-refractivity contribution in [1.29, 1.82) is 0 Å². The van der Waals surface area contributed by atoms with Gasteiger partial charge in [-0.3, -0.25) is 0 Å². The Morgan fingerprint density at radius 3 is 2.92 bits per heavy atom. The van der Waals surface area contributed by atoms with Gasteiger partial charge in [0.25, 0.3) is 0 Å². The summed E-state index contributed by atoms with van der Waals surface area (Å²) in [7, 11) is -1.41. The monoisotopic (exact) mass is 184 g/mol. The molecule has 0 saturated carbocycles. The first-order chi connectivity index (χ1) is 5.56. The average molecular weight is 184 g/mol. The molecule has 0 aromatic heterocycles. The molecule has 1 fully saturated rings. The summed E-state index contributed by atoms with van der Waals surface area (Å²) in [5, 5.41) is 0. The molecule has 0 amide bonds. The molecular weight excluding hydrogens is 168 g/mol. The van der Waals surface area contributed by atoms with Gasteiger partial charge in [0.1, 0.15) is 11.9 Å². The topological polar surface area (TPSA) is 21.8 Å². The van der Waals surface area contributed by atoms with Gasteiger partial charge in [-0.2, -0.15) is 0 Å². The van der Waals surface area contributed by atoms with Gasteiger partial charge < -0.3 is 9.16 Å². The predicted molar refractivity (Wildman–Crippen MR) is 50.4 cm³/mol. The van der Waals surface area contributed by atoms with Crippen LogP contribution in [0.3, 0.4) is 0 Å². The molecule has 1 saturated heterocycles. The van der Waals surface area contributed by atoms with Gasteiger partial charge >= 0.3 is 0 Å². The van der Waals surface area contributed by atoms with Crippen molar-refractivity contribution in [3.63, 3.8) is 0 Å². The Kier molecular flexibility index (Phi) is 1.80. The lowest BCUT2D eigenvalue weighted by Gasteiger charge is -2.22. The molecule has 0 aromatic carbocycles. The van der Waals surface area contributed by atoms with Crippen LogP contribution in [-0.2, 0) is 9.16 Å². The van der Waals surface area contributed by atoms with E-state index < -0.39 is 8.32 Å². The van der Waals surface area contributed by atoms with E-state index in [0.29, 0.717) is 12.2 Å². The van der Waals surface area contributed by atoms with Gasteiger partial charge in [0.15, 0.2) is 0 Å². The lowest BCUT2D eigenvalue weighted by atomic mass is 10.1. The van der Waals surface area contributed by atoms with Gasteiger partial charge in [0, 0.05) is 0 Å². The highest BCUT2D eigenvalue weighted by atomic mass is 28.4. The van der Waals surface area contributed by atoms with Crippen molar-refractivity contribution in [2.24, 2.45) is 0 Å². The number of epoxide rings is 1. The fourth-order valence-corrected chi connectivity index (χ4v) is 2.48. The molecule has 0 bridgehead atoms. The third-order valence-electron chi connectivity index (χ3n) is 2.08. The first-order valence-electron chi connectivity index (χ1n) is 4.61. The number of hydrogen-bond acceptors (Lipinski definition) is 2. The van der Waals surface area contributed by atoms with Crippen LogP contribution in [-0.4, -0.2) is 20.5 Å². The second kappa shape index (κ2) is 2.60. The summed E-state index contributed by atoms with van der Waals surface area (Å²) < 4.78 is 11.4. The van der Waals surface area contributed by atoms with E-state index in [-0.39, 0.29) is 0 Å². The highest BCUT2D eigenvalue weighted by Gasteiger charge is 2.45. The predicted octanol–water partition coefficient (Wildman–Crippen LogP) is 2.28. The zero-order valence-corrected chi connectivity index (χ0v) is 8.96. The van der Waals surface area contributed by atoms with E-state index in [1.807, 2.05) is 0 Å². The normalized spacial score (nSPS) is 33.8. The largest absolute Gasteiger partial charge is 0.546 e. The summed E-state index contributed by atoms with van der Waals surface area (Å²) in [6, 6.07) is 0. The highest BCUT2D eigenvalue weighted by molar-refractivity contribution is 6.70. The summed E-state index contributed by atoms with van der Waals surface area (Å²) in [6.45, 7) is 6.62. The molecule has 68 valence electrons. The van der Waals surface area contributed by atoms with Gasteiger partial charge in [0.2, 0.25) is 8.32 Å². The van der Waals surface area contributed by atoms with E-state index in [0.717, 1.165) is 12.2 Å². The number of hydrogen-bond donors (Lipinski definition) is 0. The maximum absolute atomic E-state index is 5.91. The van der Waals surface area contributed by atoms with E-state index >= 15 is 0 Å². The van der Waals surface area contributed by atoms with Crippen LogP contribution in [0.4, 0.5) is 0 Å². The fraction of sp³-hybridized carbons (Fsp3) is 0.778. The first kappa shape index (κ1) is 8.32. The van der Waals surface area contributed by atoms with Crippen molar-refractivity contribution in [3.8, 4) is 0 Å². The molecule has 2 atom stereocenters. The number of ether oxygens (including phenoxy) is 1. The molecule has 2 nitrogen and oxygen atoms in total. The maximum atomic E-state index is 5.91. The molecule has 1 heterocycles. The second-order valence-electron chi connectivity index (χ2n) is 4.49. The standard InChI is InChI=1S/C9H16O2Si/c1-12(2,3)11-8-6-4-5-7-9(8)10-7/h6-7,9H,4-5H2,1-3H3. The average Bonchev–Trinajstić information content (AvgIpc) is 2.62. The minimum absolute atomic E-state index is 0.325. The van der Waals surface area contributed by atoms with E-state index in [9.17, 15) is 0 Å². The van der Waals surface area contributed by atoms with Gasteiger partial charge in [-0.05, 0) is 38.6 Å². The van der Waals surface area contributed by atoms with Crippen LogP contribution in [0.1, 0.15) is 12.8 Å². The van der Waals surface area contributed by atoms with Crippen molar-refractivity contribution in [2.45, 2.75) is 44.7 Å². The Morgan fingerprint density at radius 2 is 2.25 bits per heavy atom. The summed E-state index contributed by atoms with van der Waals surface area (Å²) in [4.78, 5) is 0. The third-order valence-corrected chi connectivity index (χ3v) is 2.93. The van der Waals surface area contributed by atoms with Gasteiger partial charge in [-0.15, -0.1) is 0 Å². The Balaban J connectivity index is 1.99. The summed E-state index contributed by atoms with van der Waals surface area (Å²) in [5.41, 5.74) is 0. The number of allylic oxidation sites excluding steroid dienone is 1. The van der Waals surface area contributed by atoms with Crippen molar-refractivity contribution >= 4 is 8.32 Å². The molecule has 0 aromatic rings. The number of fused-ring (bicyclic) bond motifs is 1. The smallest absolute Gasteiger partial charge is 0.241 e. The molecule has 12 heavy (non-hydrogen) atoms. The van der Waals surface area contributed by atoms with Crippen LogP contribution in [0.2, 0.25) is 19.6 Å². The van der Waals surface area contributed by atoms with Crippen LogP contribution in [0.25, 0.3) is 0 Å². The third kappa shape index (κ3) is 1.72. The van der Waals surface area contributed by atoms with Crippen LogP contribution >= 0.6 is 0 Å². The minimum atomic E-state index is -1.41. The Hall–Kier alpha value is -0.283. The fourth-order valence-electron chi connectivity index (χ4n) is 1.57. The molecule has 2 aliphatic rings. The highest BCUT2D eigenvalue weighted by Crippen LogP contribution is 2.38. The van der Waals surface area contributed by atoms with E-state index in [1.54, 1.807) is 0 Å². The minimum Gasteiger partial charge on any atom is -0.546 e. The van der Waals surface area contributed by atoms with Crippen molar-refractivity contribution in [1.82, 2.24) is 0 Å². The van der Waals surface area contributed by atoms with Gasteiger partial charge in [-0.1, -0.05) is 0 Å². The summed E-state index contributed by atoms with van der Waals surface area (Å²) >= 11 is 0. The first-order valence-corrected chi connectivity index (χ1v) is 8.02. The molecule has 1 aliphatic carbocycles. The summed E-state index contributed by atoms with van der Waals surface area (Å²) in [5.74, 6) is 1.12. The second-order valence-corrected chi connectivity index (χ2v) is 8.92. The quantitative estimate of drug-likeness (QED) is 0.485. The van der Waals surface area contributed by atoms with Crippen molar-refractivity contribution < 1.29 is 9.16 Å². The lowest BCUT2D eigenvalue weighted by molar-refractivity contribution is 0.328. The molecule has 2 rings (SSSR count). The molecular formula is C9H16O2Si. The SMILES string of the molecule is C[Si](C)(C)OC1=CCCC2OC12. The van der Waals surface area contributed by atoms with E-state index in [1.165, 1.54) is 6.42 Å². The van der Waals surface area contributed by atoms with Crippen LogP contribution < -0.4 is 0 Å². The molecule has 0 N–H and O–H groups in total. The molecule has 0 radical (unpaired) electrons. The van der Waals surface area contributed by atoms with Crippen LogP contribution in [0.15, 0.2) is 11.8 Å².